The molecule has 2 aromatic carbocycles. The monoisotopic (exact) mass is 467 g/mol. The van der Waals surface area contributed by atoms with E-state index in [4.69, 9.17) is 9.47 Å². The Morgan fingerprint density at radius 1 is 1.18 bits per heavy atom. The summed E-state index contributed by atoms with van der Waals surface area (Å²) >= 11 is 0. The van der Waals surface area contributed by atoms with Gasteiger partial charge in [0.15, 0.2) is 5.54 Å². The van der Waals surface area contributed by atoms with Crippen LogP contribution < -0.4 is 4.74 Å². The Balaban J connectivity index is 2.09. The second kappa shape index (κ2) is 9.79. The van der Waals surface area contributed by atoms with Crippen molar-refractivity contribution >= 4 is 18.2 Å². The number of esters is 1. The molecule has 0 aromatic heterocycles. The molecular weight excluding hydrogens is 437 g/mol. The Morgan fingerprint density at radius 2 is 1.91 bits per heavy atom. The molecule has 0 spiro atoms. The van der Waals surface area contributed by atoms with E-state index >= 15 is 0 Å². The number of benzene rings is 2. The van der Waals surface area contributed by atoms with Crippen molar-refractivity contribution in [2.75, 3.05) is 6.61 Å². The Hall–Kier alpha value is -3.48. The van der Waals surface area contributed by atoms with E-state index in [0.29, 0.717) is 34.6 Å². The van der Waals surface area contributed by atoms with Gasteiger partial charge < -0.3 is 14.6 Å². The summed E-state index contributed by atoms with van der Waals surface area (Å²) in [5, 5.41) is 9.37. The fraction of sp³-hybridized carbons (Fsp3) is 0.370. The molecule has 1 heterocycles. The van der Waals surface area contributed by atoms with Gasteiger partial charge in [0.25, 0.3) is 0 Å². The van der Waals surface area contributed by atoms with Crippen LogP contribution in [0.4, 0.5) is 4.39 Å². The summed E-state index contributed by atoms with van der Waals surface area (Å²) in [6.45, 7) is 9.61. The summed E-state index contributed by atoms with van der Waals surface area (Å²) in [5.74, 6) is -1.99. The molecule has 1 atom stereocenters. The highest BCUT2D eigenvalue weighted by molar-refractivity contribution is 5.92. The average molecular weight is 468 g/mol. The van der Waals surface area contributed by atoms with Crippen LogP contribution in [0.25, 0.3) is 11.1 Å². The van der Waals surface area contributed by atoms with Gasteiger partial charge in [0.2, 0.25) is 0 Å². The van der Waals surface area contributed by atoms with Gasteiger partial charge in [-0.15, -0.1) is 0 Å². The highest BCUT2D eigenvalue weighted by atomic mass is 19.1. The van der Waals surface area contributed by atoms with E-state index in [9.17, 15) is 19.1 Å². The smallest absolute Gasteiger partial charge is 0.338 e. The lowest BCUT2D eigenvalue weighted by Crippen LogP contribution is -2.41. The second-order valence-corrected chi connectivity index (χ2v) is 9.36. The van der Waals surface area contributed by atoms with Crippen LogP contribution >= 0.6 is 0 Å². The maximum absolute atomic E-state index is 14.1. The molecule has 180 valence electrons. The topological polar surface area (TPSA) is 85.2 Å². The fourth-order valence-corrected chi connectivity index (χ4v) is 3.76. The first-order valence-corrected chi connectivity index (χ1v) is 11.2. The molecule has 0 radical (unpaired) electrons. The van der Waals surface area contributed by atoms with Crippen molar-refractivity contribution in [1.82, 2.24) is 0 Å². The molecule has 1 N–H and O–H groups in total. The number of allylic oxidation sites excluding steroid dienone is 1. The summed E-state index contributed by atoms with van der Waals surface area (Å²) in [5.41, 5.74) is 0.250. The van der Waals surface area contributed by atoms with Crippen LogP contribution in [0, 0.1) is 12.7 Å². The molecule has 2 aromatic rings. The highest BCUT2D eigenvalue weighted by Gasteiger charge is 2.41. The summed E-state index contributed by atoms with van der Waals surface area (Å²) in [7, 11) is 0. The average Bonchev–Trinajstić information content (AvgIpc) is 3.21. The Kier molecular flexibility index (Phi) is 7.24. The molecule has 0 saturated heterocycles. The maximum Gasteiger partial charge on any atom is 0.338 e. The van der Waals surface area contributed by atoms with Gasteiger partial charge in [0, 0.05) is 12.6 Å². The van der Waals surface area contributed by atoms with Crippen molar-refractivity contribution in [3.63, 3.8) is 0 Å². The molecule has 1 aliphatic heterocycles. The highest BCUT2D eigenvalue weighted by Crippen LogP contribution is 2.35. The number of hydrogen-bond acceptors (Lipinski definition) is 5. The van der Waals surface area contributed by atoms with Gasteiger partial charge in [-0.25, -0.2) is 14.0 Å². The molecule has 6 nitrogen and oxygen atoms in total. The number of hydrogen-bond donors (Lipinski definition) is 1. The molecule has 0 saturated carbocycles. The first-order valence-electron chi connectivity index (χ1n) is 11.2. The summed E-state index contributed by atoms with van der Waals surface area (Å²) in [6.07, 6.45) is 5.99. The van der Waals surface area contributed by atoms with Crippen molar-refractivity contribution in [1.29, 1.82) is 0 Å². The van der Waals surface area contributed by atoms with E-state index in [1.807, 2.05) is 13.0 Å². The van der Waals surface area contributed by atoms with Crippen LogP contribution in [0.3, 0.4) is 0 Å². The molecule has 7 heteroatoms. The largest absolute Gasteiger partial charge is 0.493 e. The number of carbonyl (C=O) groups excluding carboxylic acids is 1. The number of nitrogens with zero attached hydrogens (tertiary/aromatic N) is 1. The Morgan fingerprint density at radius 3 is 2.50 bits per heavy atom. The van der Waals surface area contributed by atoms with Crippen LogP contribution in [-0.2, 0) is 16.0 Å². The molecule has 1 aliphatic rings. The van der Waals surface area contributed by atoms with E-state index in [1.54, 1.807) is 58.2 Å². The van der Waals surface area contributed by atoms with Crippen LogP contribution in [0.1, 0.15) is 55.6 Å². The van der Waals surface area contributed by atoms with Crippen molar-refractivity contribution < 1.29 is 28.6 Å². The van der Waals surface area contributed by atoms with Gasteiger partial charge in [-0.2, -0.15) is 0 Å². The van der Waals surface area contributed by atoms with Gasteiger partial charge in [0.05, 0.1) is 12.2 Å². The molecule has 3 rings (SSSR count). The number of carboxylic acids is 1. The SMILES string of the molecule is CCCOc1ccc(-c2cc(C(=O)O)c(F)cc2C)cc1CC1(C(=O)OC(C)(C)C)C=CC=N1. The van der Waals surface area contributed by atoms with E-state index in [-0.39, 0.29) is 6.42 Å². The second-order valence-electron chi connectivity index (χ2n) is 9.36. The van der Waals surface area contributed by atoms with Crippen molar-refractivity contribution in [3.05, 3.63) is 65.0 Å². The maximum atomic E-state index is 14.1. The molecule has 0 amide bonds. The van der Waals surface area contributed by atoms with Gasteiger partial charge >= 0.3 is 11.9 Å². The fourth-order valence-electron chi connectivity index (χ4n) is 3.76. The summed E-state index contributed by atoms with van der Waals surface area (Å²) in [6, 6.07) is 7.97. The molecule has 0 aliphatic carbocycles. The van der Waals surface area contributed by atoms with Crippen LogP contribution in [-0.4, -0.2) is 41.0 Å². The van der Waals surface area contributed by atoms with E-state index in [2.05, 4.69) is 4.99 Å². The third-order valence-electron chi connectivity index (χ3n) is 5.35. The predicted molar refractivity (Wildman–Crippen MR) is 129 cm³/mol. The molecule has 0 bridgehead atoms. The number of aryl methyl sites for hydroxylation is 1. The number of halogens is 1. The Labute approximate surface area is 199 Å². The zero-order chi connectivity index (χ0) is 25.1. The third kappa shape index (κ3) is 5.53. The first-order chi connectivity index (χ1) is 16.0. The van der Waals surface area contributed by atoms with Gasteiger partial charge in [-0.1, -0.05) is 13.0 Å². The first kappa shape index (κ1) is 25.1. The molecular formula is C27H30FNO5. The lowest BCUT2D eigenvalue weighted by molar-refractivity contribution is -0.159. The number of aliphatic imine (C=N–C) groups is 1. The molecule has 1 unspecified atom stereocenters. The minimum Gasteiger partial charge on any atom is -0.493 e. The molecule has 34 heavy (non-hydrogen) atoms. The summed E-state index contributed by atoms with van der Waals surface area (Å²) < 4.78 is 25.7. The quantitative estimate of drug-likeness (QED) is 0.515. The number of rotatable bonds is 8. The Bertz CT molecular complexity index is 1150. The number of aromatic carboxylic acids is 1. The van der Waals surface area contributed by atoms with Crippen molar-refractivity contribution in [2.45, 2.75) is 58.6 Å². The third-order valence-corrected chi connectivity index (χ3v) is 5.35. The number of carbonyl (C=O) groups is 2. The minimum atomic E-state index is -1.34. The normalized spacial score (nSPS) is 17.1. The molecule has 0 fully saturated rings. The standard InChI is InChI=1S/C27H30FNO5/c1-6-12-33-23-9-8-18(20-15-21(24(30)31)22(28)13-17(20)2)14-19(23)16-27(10-7-11-29-27)25(32)34-26(3,4)5/h7-11,13-15H,6,12,16H2,1-5H3,(H,30,31). The number of ether oxygens (including phenoxy) is 2. The van der Waals surface area contributed by atoms with Gasteiger partial charge in [-0.3, -0.25) is 4.99 Å². The van der Waals surface area contributed by atoms with E-state index in [0.717, 1.165) is 6.42 Å². The summed E-state index contributed by atoms with van der Waals surface area (Å²) in [4.78, 5) is 29.1. The minimum absolute atomic E-state index is 0.188. The van der Waals surface area contributed by atoms with Crippen LogP contribution in [0.2, 0.25) is 0 Å². The van der Waals surface area contributed by atoms with Crippen LogP contribution in [0.15, 0.2) is 47.5 Å². The predicted octanol–water partition coefficient (Wildman–Crippen LogP) is 5.55. The van der Waals surface area contributed by atoms with Gasteiger partial charge in [-0.05, 0) is 92.8 Å². The zero-order valence-electron chi connectivity index (χ0n) is 20.1. The van der Waals surface area contributed by atoms with Gasteiger partial charge in [0.1, 0.15) is 17.2 Å². The van der Waals surface area contributed by atoms with E-state index in [1.165, 1.54) is 12.1 Å². The number of carboxylic acid groups (broad SMARTS) is 1. The lowest BCUT2D eigenvalue weighted by atomic mass is 9.88. The van der Waals surface area contributed by atoms with E-state index < -0.39 is 34.5 Å². The lowest BCUT2D eigenvalue weighted by Gasteiger charge is -2.28. The zero-order valence-corrected chi connectivity index (χ0v) is 20.1. The van der Waals surface area contributed by atoms with Crippen LogP contribution in [0.5, 0.6) is 5.75 Å². The van der Waals surface area contributed by atoms with Crippen molar-refractivity contribution in [3.8, 4) is 16.9 Å². The van der Waals surface area contributed by atoms with Crippen molar-refractivity contribution in [2.24, 2.45) is 4.99 Å².